The second-order valence-corrected chi connectivity index (χ2v) is 5.20. The van der Waals surface area contributed by atoms with Crippen molar-refractivity contribution in [2.24, 2.45) is 0 Å². The van der Waals surface area contributed by atoms with Crippen LogP contribution in [0.2, 0.25) is 0 Å². The summed E-state index contributed by atoms with van der Waals surface area (Å²) in [5.41, 5.74) is 0. The van der Waals surface area contributed by atoms with Gasteiger partial charge < -0.3 is 5.32 Å². The molecule has 0 saturated heterocycles. The van der Waals surface area contributed by atoms with Crippen LogP contribution in [0.25, 0.3) is 0 Å². The van der Waals surface area contributed by atoms with Crippen LogP contribution in [0.15, 0.2) is 23.1 Å². The molecule has 0 bridgehead atoms. The predicted molar refractivity (Wildman–Crippen MR) is 69.5 cm³/mol. The Labute approximate surface area is 106 Å². The van der Waals surface area contributed by atoms with E-state index < -0.39 is 11.6 Å². The van der Waals surface area contributed by atoms with Gasteiger partial charge in [-0.15, -0.1) is 11.8 Å². The molecule has 0 heterocycles. The summed E-state index contributed by atoms with van der Waals surface area (Å²) < 4.78 is 25.9. The van der Waals surface area contributed by atoms with Gasteiger partial charge in [-0.05, 0) is 25.5 Å². The fourth-order valence-corrected chi connectivity index (χ4v) is 2.39. The van der Waals surface area contributed by atoms with Crippen molar-refractivity contribution in [2.75, 3.05) is 12.3 Å². The Morgan fingerprint density at radius 1 is 1.35 bits per heavy atom. The Balaban J connectivity index is 2.26. The maximum absolute atomic E-state index is 13.3. The molecule has 1 rings (SSSR count). The smallest absolute Gasteiger partial charge is 0.139 e. The molecule has 0 aliphatic carbocycles. The molecule has 0 amide bonds. The quantitative estimate of drug-likeness (QED) is 0.590. The molecule has 1 atom stereocenters. The molecule has 4 heteroatoms. The van der Waals surface area contributed by atoms with Crippen molar-refractivity contribution < 1.29 is 8.78 Å². The van der Waals surface area contributed by atoms with Gasteiger partial charge in [0.25, 0.3) is 0 Å². The molecule has 0 spiro atoms. The van der Waals surface area contributed by atoms with E-state index in [0.717, 1.165) is 31.2 Å². The highest BCUT2D eigenvalue weighted by atomic mass is 32.2. The summed E-state index contributed by atoms with van der Waals surface area (Å²) in [6.07, 6.45) is 2.31. The summed E-state index contributed by atoms with van der Waals surface area (Å²) in [7, 11) is 0. The maximum Gasteiger partial charge on any atom is 0.139 e. The van der Waals surface area contributed by atoms with Gasteiger partial charge in [-0.1, -0.05) is 13.3 Å². The molecule has 0 saturated carbocycles. The Kier molecular flexibility index (Phi) is 6.52. The SMILES string of the molecule is CCCC(C)NCCSc1ccc(F)cc1F. The van der Waals surface area contributed by atoms with Crippen molar-refractivity contribution in [1.82, 2.24) is 5.32 Å². The first-order chi connectivity index (χ1) is 8.13. The van der Waals surface area contributed by atoms with Gasteiger partial charge >= 0.3 is 0 Å². The minimum atomic E-state index is -0.526. The van der Waals surface area contributed by atoms with Gasteiger partial charge in [0, 0.05) is 29.3 Å². The van der Waals surface area contributed by atoms with Crippen molar-refractivity contribution in [3.8, 4) is 0 Å². The van der Waals surface area contributed by atoms with Gasteiger partial charge in [-0.2, -0.15) is 0 Å². The largest absolute Gasteiger partial charge is 0.313 e. The lowest BCUT2D eigenvalue weighted by atomic mass is 10.2. The van der Waals surface area contributed by atoms with Gasteiger partial charge in [0.2, 0.25) is 0 Å². The average molecular weight is 259 g/mol. The van der Waals surface area contributed by atoms with Crippen LogP contribution in [-0.4, -0.2) is 18.3 Å². The first-order valence-corrected chi connectivity index (χ1v) is 6.93. The van der Waals surface area contributed by atoms with Gasteiger partial charge in [0.05, 0.1) is 0 Å². The molecule has 1 unspecified atom stereocenters. The molecule has 0 fully saturated rings. The Morgan fingerprint density at radius 3 is 2.76 bits per heavy atom. The molecule has 1 nitrogen and oxygen atoms in total. The number of rotatable bonds is 7. The number of hydrogen-bond donors (Lipinski definition) is 1. The van der Waals surface area contributed by atoms with Crippen molar-refractivity contribution in [3.63, 3.8) is 0 Å². The van der Waals surface area contributed by atoms with Crippen molar-refractivity contribution in [3.05, 3.63) is 29.8 Å². The zero-order valence-electron chi connectivity index (χ0n) is 10.3. The first-order valence-electron chi connectivity index (χ1n) is 5.94. The maximum atomic E-state index is 13.3. The highest BCUT2D eigenvalue weighted by Gasteiger charge is 2.04. The third kappa shape index (κ3) is 5.50. The molecule has 96 valence electrons. The van der Waals surface area contributed by atoms with Crippen molar-refractivity contribution >= 4 is 11.8 Å². The molecule has 0 aliphatic rings. The van der Waals surface area contributed by atoms with E-state index in [2.05, 4.69) is 19.2 Å². The van der Waals surface area contributed by atoms with Crippen LogP contribution in [0.4, 0.5) is 8.78 Å². The zero-order valence-corrected chi connectivity index (χ0v) is 11.1. The molecule has 1 aromatic rings. The van der Waals surface area contributed by atoms with E-state index >= 15 is 0 Å². The Bertz CT molecular complexity index is 344. The Morgan fingerprint density at radius 2 is 2.12 bits per heavy atom. The van der Waals surface area contributed by atoms with E-state index in [-0.39, 0.29) is 0 Å². The molecule has 1 N–H and O–H groups in total. The van der Waals surface area contributed by atoms with Crippen LogP contribution >= 0.6 is 11.8 Å². The van der Waals surface area contributed by atoms with E-state index in [1.807, 2.05) is 0 Å². The highest BCUT2D eigenvalue weighted by Crippen LogP contribution is 2.21. The lowest BCUT2D eigenvalue weighted by Crippen LogP contribution is -2.27. The summed E-state index contributed by atoms with van der Waals surface area (Å²) in [5, 5.41) is 3.37. The molecule has 17 heavy (non-hydrogen) atoms. The number of halogens is 2. The fourth-order valence-electron chi connectivity index (χ4n) is 1.59. The van der Waals surface area contributed by atoms with E-state index in [0.29, 0.717) is 10.9 Å². The molecular weight excluding hydrogens is 240 g/mol. The molecule has 0 aromatic heterocycles. The molecule has 1 aromatic carbocycles. The Hall–Kier alpha value is -0.610. The monoisotopic (exact) mass is 259 g/mol. The second-order valence-electron chi connectivity index (χ2n) is 4.07. The van der Waals surface area contributed by atoms with Gasteiger partial charge in [0.15, 0.2) is 0 Å². The minimum absolute atomic E-state index is 0.475. The summed E-state index contributed by atoms with van der Waals surface area (Å²) in [4.78, 5) is 0.511. The molecular formula is C13H19F2NS. The van der Waals surface area contributed by atoms with E-state index in [1.165, 1.54) is 23.9 Å². The summed E-state index contributed by atoms with van der Waals surface area (Å²) in [6.45, 7) is 5.14. The summed E-state index contributed by atoms with van der Waals surface area (Å²) in [6, 6.07) is 4.21. The zero-order chi connectivity index (χ0) is 12.7. The van der Waals surface area contributed by atoms with Crippen LogP contribution in [-0.2, 0) is 0 Å². The van der Waals surface area contributed by atoms with Crippen LogP contribution in [0, 0.1) is 11.6 Å². The topological polar surface area (TPSA) is 12.0 Å². The average Bonchev–Trinajstić information content (AvgIpc) is 2.27. The summed E-state index contributed by atoms with van der Waals surface area (Å²) in [5.74, 6) is -0.213. The normalized spacial score (nSPS) is 12.7. The van der Waals surface area contributed by atoms with Gasteiger partial charge in [-0.25, -0.2) is 8.78 Å². The third-order valence-electron chi connectivity index (χ3n) is 2.47. The molecule has 0 aliphatic heterocycles. The highest BCUT2D eigenvalue weighted by molar-refractivity contribution is 7.99. The lowest BCUT2D eigenvalue weighted by molar-refractivity contribution is 0.526. The minimum Gasteiger partial charge on any atom is -0.313 e. The van der Waals surface area contributed by atoms with Crippen LogP contribution in [0.5, 0.6) is 0 Å². The number of nitrogens with one attached hydrogen (secondary N) is 1. The van der Waals surface area contributed by atoms with Crippen LogP contribution < -0.4 is 5.32 Å². The second kappa shape index (κ2) is 7.67. The molecule has 0 radical (unpaired) electrons. The van der Waals surface area contributed by atoms with Crippen molar-refractivity contribution in [2.45, 2.75) is 37.6 Å². The first kappa shape index (κ1) is 14.5. The number of benzene rings is 1. The van der Waals surface area contributed by atoms with Crippen LogP contribution in [0.3, 0.4) is 0 Å². The van der Waals surface area contributed by atoms with Crippen molar-refractivity contribution in [1.29, 1.82) is 0 Å². The number of thioether (sulfide) groups is 1. The van der Waals surface area contributed by atoms with Gasteiger partial charge in [0.1, 0.15) is 11.6 Å². The van der Waals surface area contributed by atoms with E-state index in [4.69, 9.17) is 0 Å². The standard InChI is InChI=1S/C13H19F2NS/c1-3-4-10(2)16-7-8-17-13-6-5-11(14)9-12(13)15/h5-6,9-10,16H,3-4,7-8H2,1-2H3. The lowest BCUT2D eigenvalue weighted by Gasteiger charge is -2.12. The van der Waals surface area contributed by atoms with Gasteiger partial charge in [-0.3, -0.25) is 0 Å². The van der Waals surface area contributed by atoms with Crippen LogP contribution in [0.1, 0.15) is 26.7 Å². The van der Waals surface area contributed by atoms with E-state index in [9.17, 15) is 8.78 Å². The predicted octanol–water partition coefficient (Wildman–Crippen LogP) is 3.84. The third-order valence-corrected chi connectivity index (χ3v) is 3.52. The van der Waals surface area contributed by atoms with E-state index in [1.54, 1.807) is 0 Å². The fraction of sp³-hybridized carbons (Fsp3) is 0.538. The number of hydrogen-bond acceptors (Lipinski definition) is 2. The summed E-state index contributed by atoms with van der Waals surface area (Å²) >= 11 is 1.41.